The second-order valence-electron chi connectivity index (χ2n) is 6.94. The number of hydrogen-bond acceptors (Lipinski definition) is 4. The highest BCUT2D eigenvalue weighted by atomic mass is 32.2. The van der Waals surface area contributed by atoms with Gasteiger partial charge in [-0.15, -0.1) is 0 Å². The number of carbonyl (C=O) groups excluding carboxylic acids is 1. The Morgan fingerprint density at radius 1 is 1.24 bits per heavy atom. The molecule has 1 unspecified atom stereocenters. The highest BCUT2D eigenvalue weighted by Gasteiger charge is 2.48. The van der Waals surface area contributed by atoms with Crippen LogP contribution < -0.4 is 10.6 Å². The van der Waals surface area contributed by atoms with Gasteiger partial charge in [-0.2, -0.15) is 0 Å². The van der Waals surface area contributed by atoms with Crippen LogP contribution in [0.25, 0.3) is 0 Å². The molecule has 0 saturated carbocycles. The van der Waals surface area contributed by atoms with Crippen LogP contribution in [0.3, 0.4) is 0 Å². The Morgan fingerprint density at radius 2 is 1.92 bits per heavy atom. The van der Waals surface area contributed by atoms with Crippen molar-refractivity contribution in [2.24, 2.45) is 0 Å². The quantitative estimate of drug-likeness (QED) is 0.824. The van der Waals surface area contributed by atoms with E-state index in [1.165, 1.54) is 0 Å². The Hall–Kier alpha value is -1.44. The van der Waals surface area contributed by atoms with Gasteiger partial charge in [-0.25, -0.2) is 18.0 Å². The minimum atomic E-state index is -3.19. The maximum Gasteiger partial charge on any atom is 0.260 e. The molecule has 0 bridgehead atoms. The van der Waals surface area contributed by atoms with E-state index in [0.29, 0.717) is 38.8 Å². The summed E-state index contributed by atoms with van der Waals surface area (Å²) in [7, 11) is -3.19. The fraction of sp³-hybridized carbons (Fsp3) is 0.611. The molecule has 6 nitrogen and oxygen atoms in total. The summed E-state index contributed by atoms with van der Waals surface area (Å²) in [6.07, 6.45) is 3.27. The van der Waals surface area contributed by atoms with Crippen LogP contribution in [0.4, 0.5) is 0 Å². The third-order valence-electron chi connectivity index (χ3n) is 5.05. The summed E-state index contributed by atoms with van der Waals surface area (Å²) in [6, 6.07) is 9.56. The number of nitrogens with zero attached hydrogens (tertiary/aromatic N) is 2. The number of sulfonamides is 1. The predicted molar refractivity (Wildman–Crippen MR) is 96.4 cm³/mol. The average Bonchev–Trinajstić information content (AvgIpc) is 2.89. The summed E-state index contributed by atoms with van der Waals surface area (Å²) >= 11 is 0. The fourth-order valence-corrected chi connectivity index (χ4v) is 5.19. The van der Waals surface area contributed by atoms with Crippen LogP contribution >= 0.6 is 0 Å². The van der Waals surface area contributed by atoms with Crippen LogP contribution in [0.1, 0.15) is 38.2 Å². The van der Waals surface area contributed by atoms with Crippen LogP contribution in [0.15, 0.2) is 30.3 Å². The third kappa shape index (κ3) is 4.22. The second kappa shape index (κ2) is 7.43. The third-order valence-corrected chi connectivity index (χ3v) is 7.00. The highest BCUT2D eigenvalue weighted by molar-refractivity contribution is 7.89. The smallest absolute Gasteiger partial charge is 0.260 e. The number of carbonyl (C=O) groups is 1. The fourth-order valence-electron chi connectivity index (χ4n) is 3.54. The molecule has 1 spiro atoms. The molecule has 2 saturated heterocycles. The van der Waals surface area contributed by atoms with E-state index in [1.54, 1.807) is 4.31 Å². The normalized spacial score (nSPS) is 23.7. The van der Waals surface area contributed by atoms with E-state index < -0.39 is 15.7 Å². The number of amides is 1. The van der Waals surface area contributed by atoms with Crippen molar-refractivity contribution in [1.29, 1.82) is 0 Å². The maximum absolute atomic E-state index is 12.3. The lowest BCUT2D eigenvalue weighted by atomic mass is 9.99. The standard InChI is InChI=1S/C18H26N3O3S/c1-2-3-13-25(23,24)21-11-9-18(10-12-21)19-16(17(22)20-18)14-15-7-5-4-6-8-15/h4-8,16,19H,2-3,9-14H2,1H3. The minimum absolute atomic E-state index is 0.119. The SMILES string of the molecule is CCCCS(=O)(=O)N1CCC2(CC1)[N]C(=O)C(Cc1ccccc1)N2. The molecule has 2 aliphatic rings. The van der Waals surface area contributed by atoms with Gasteiger partial charge in [-0.05, 0) is 31.2 Å². The Balaban J connectivity index is 1.59. The van der Waals surface area contributed by atoms with Crippen molar-refractivity contribution in [2.45, 2.75) is 50.7 Å². The predicted octanol–water partition coefficient (Wildman–Crippen LogP) is 1.25. The summed E-state index contributed by atoms with van der Waals surface area (Å²) in [6.45, 7) is 2.84. The first kappa shape index (κ1) is 18.4. The second-order valence-corrected chi connectivity index (χ2v) is 9.03. The monoisotopic (exact) mass is 364 g/mol. The van der Waals surface area contributed by atoms with E-state index in [0.717, 1.165) is 12.0 Å². The Morgan fingerprint density at radius 3 is 2.56 bits per heavy atom. The Labute approximate surface area is 150 Å². The summed E-state index contributed by atoms with van der Waals surface area (Å²) in [5.74, 6) is 0.0857. The first-order valence-electron chi connectivity index (χ1n) is 9.00. The van der Waals surface area contributed by atoms with Gasteiger partial charge < -0.3 is 0 Å². The number of unbranched alkanes of at least 4 members (excludes halogenated alkanes) is 1. The molecule has 1 N–H and O–H groups in total. The molecule has 7 heteroatoms. The summed E-state index contributed by atoms with van der Waals surface area (Å²) in [5.41, 5.74) is 0.507. The van der Waals surface area contributed by atoms with Gasteiger partial charge in [0.2, 0.25) is 10.0 Å². The minimum Gasteiger partial charge on any atom is -0.281 e. The number of hydrogen-bond donors (Lipinski definition) is 1. The molecule has 1 radical (unpaired) electrons. The van der Waals surface area contributed by atoms with E-state index in [9.17, 15) is 13.2 Å². The van der Waals surface area contributed by atoms with Gasteiger partial charge >= 0.3 is 0 Å². The average molecular weight is 364 g/mol. The van der Waals surface area contributed by atoms with E-state index >= 15 is 0 Å². The largest absolute Gasteiger partial charge is 0.281 e. The zero-order valence-corrected chi connectivity index (χ0v) is 15.5. The van der Waals surface area contributed by atoms with Crippen molar-refractivity contribution >= 4 is 15.9 Å². The lowest BCUT2D eigenvalue weighted by molar-refractivity contribution is -0.121. The number of piperidine rings is 1. The van der Waals surface area contributed by atoms with Crippen molar-refractivity contribution in [3.63, 3.8) is 0 Å². The summed E-state index contributed by atoms with van der Waals surface area (Å²) in [5, 5.41) is 7.75. The van der Waals surface area contributed by atoms with Crippen LogP contribution in [-0.2, 0) is 21.2 Å². The summed E-state index contributed by atoms with van der Waals surface area (Å²) < 4.78 is 26.2. The molecule has 0 aliphatic carbocycles. The van der Waals surface area contributed by atoms with Gasteiger partial charge in [0.05, 0.1) is 11.8 Å². The van der Waals surface area contributed by atoms with Crippen LogP contribution in [-0.4, -0.2) is 49.2 Å². The lowest BCUT2D eigenvalue weighted by Crippen LogP contribution is -2.56. The molecule has 25 heavy (non-hydrogen) atoms. The molecule has 3 rings (SSSR count). The first-order chi connectivity index (χ1) is 11.9. The zero-order valence-electron chi connectivity index (χ0n) is 14.6. The van der Waals surface area contributed by atoms with Gasteiger partial charge in [-0.1, -0.05) is 43.7 Å². The Bertz CT molecular complexity index is 698. The molecule has 2 aliphatic heterocycles. The molecule has 1 amide bonds. The van der Waals surface area contributed by atoms with Crippen LogP contribution in [0.5, 0.6) is 0 Å². The van der Waals surface area contributed by atoms with E-state index in [-0.39, 0.29) is 17.7 Å². The molecule has 1 atom stereocenters. The van der Waals surface area contributed by atoms with Crippen molar-refractivity contribution in [2.75, 3.05) is 18.8 Å². The highest BCUT2D eigenvalue weighted by Crippen LogP contribution is 2.28. The van der Waals surface area contributed by atoms with Gasteiger partial charge in [0.15, 0.2) is 0 Å². The number of nitrogens with one attached hydrogen (secondary N) is 1. The molecule has 2 heterocycles. The lowest BCUT2D eigenvalue weighted by Gasteiger charge is -2.37. The van der Waals surface area contributed by atoms with E-state index in [4.69, 9.17) is 0 Å². The van der Waals surface area contributed by atoms with Crippen molar-refractivity contribution < 1.29 is 13.2 Å². The van der Waals surface area contributed by atoms with Gasteiger partial charge in [0.1, 0.15) is 5.66 Å². The topological polar surface area (TPSA) is 80.6 Å². The first-order valence-corrected chi connectivity index (χ1v) is 10.6. The maximum atomic E-state index is 12.3. The van der Waals surface area contributed by atoms with Gasteiger partial charge in [0.25, 0.3) is 5.91 Å². The van der Waals surface area contributed by atoms with E-state index in [1.807, 2.05) is 37.3 Å². The molecule has 1 aromatic carbocycles. The van der Waals surface area contributed by atoms with Crippen molar-refractivity contribution in [3.05, 3.63) is 35.9 Å². The van der Waals surface area contributed by atoms with E-state index in [2.05, 4.69) is 10.6 Å². The van der Waals surface area contributed by atoms with Gasteiger partial charge in [0, 0.05) is 13.1 Å². The molecule has 0 aromatic heterocycles. The number of benzene rings is 1. The van der Waals surface area contributed by atoms with Crippen LogP contribution in [0.2, 0.25) is 0 Å². The molecule has 1 aromatic rings. The van der Waals surface area contributed by atoms with Gasteiger partial charge in [-0.3, -0.25) is 10.1 Å². The Kier molecular flexibility index (Phi) is 5.46. The molecular weight excluding hydrogens is 338 g/mol. The van der Waals surface area contributed by atoms with Crippen molar-refractivity contribution in [1.82, 2.24) is 14.9 Å². The molecular formula is C18H26N3O3S. The number of rotatable bonds is 6. The molecule has 137 valence electrons. The van der Waals surface area contributed by atoms with Crippen molar-refractivity contribution in [3.8, 4) is 0 Å². The zero-order chi connectivity index (χ0) is 17.9. The molecule has 2 fully saturated rings. The van der Waals surface area contributed by atoms with Crippen LogP contribution in [0, 0.1) is 0 Å². The summed E-state index contributed by atoms with van der Waals surface area (Å²) in [4.78, 5) is 12.3.